The van der Waals surface area contributed by atoms with Crippen LogP contribution in [0.4, 0.5) is 5.69 Å². The third-order valence-electron chi connectivity index (χ3n) is 5.46. The van der Waals surface area contributed by atoms with Gasteiger partial charge in [0.2, 0.25) is 10.0 Å². The lowest BCUT2D eigenvalue weighted by molar-refractivity contribution is 0.191. The lowest BCUT2D eigenvalue weighted by Gasteiger charge is -2.39. The summed E-state index contributed by atoms with van der Waals surface area (Å²) < 4.78 is 38.9. The van der Waals surface area contributed by atoms with Gasteiger partial charge in [-0.3, -0.25) is 4.72 Å². The fraction of sp³-hybridized carbons (Fsp3) is 0.455. The van der Waals surface area contributed by atoms with Crippen LogP contribution in [-0.4, -0.2) is 29.5 Å². The van der Waals surface area contributed by atoms with E-state index in [4.69, 9.17) is 14.7 Å². The van der Waals surface area contributed by atoms with Crippen LogP contribution >= 0.6 is 0 Å². The van der Waals surface area contributed by atoms with Crippen LogP contribution in [-0.2, 0) is 21.1 Å². The zero-order valence-corrected chi connectivity index (χ0v) is 21.3. The second kappa shape index (κ2) is 10.4. The number of nitrogens with one attached hydrogen (secondary N) is 1. The van der Waals surface area contributed by atoms with E-state index < -0.39 is 24.4 Å². The molecule has 1 atom stereocenters. The lowest BCUT2D eigenvalue weighted by atomic mass is 10.1. The monoisotopic (exact) mass is 476 g/mol. The summed E-state index contributed by atoms with van der Waals surface area (Å²) in [4.78, 5) is 2.88. The molecule has 0 unspecified atom stereocenters. The van der Waals surface area contributed by atoms with Gasteiger partial charge in [0, 0.05) is 4.91 Å². The maximum absolute atomic E-state index is 12.0. The number of benzene rings is 2. The number of rotatable bonds is 10. The summed E-state index contributed by atoms with van der Waals surface area (Å²) >= 11 is 0. The van der Waals surface area contributed by atoms with Crippen molar-refractivity contribution in [1.82, 2.24) is 0 Å². The number of anilines is 1. The van der Waals surface area contributed by atoms with Gasteiger partial charge in [0.05, 0.1) is 24.6 Å². The Balaban J connectivity index is 2.41. The van der Waals surface area contributed by atoms with Crippen LogP contribution in [0.25, 0.3) is 10.4 Å². The number of ether oxygens (including phenoxy) is 1. The van der Waals surface area contributed by atoms with Crippen molar-refractivity contribution < 1.29 is 17.6 Å². The molecule has 8 nitrogen and oxygen atoms in total. The Labute approximate surface area is 191 Å². The van der Waals surface area contributed by atoms with Gasteiger partial charge in [-0.05, 0) is 46.9 Å². The lowest BCUT2D eigenvalue weighted by Crippen LogP contribution is -2.42. The summed E-state index contributed by atoms with van der Waals surface area (Å²) in [6.45, 7) is 11.0. The molecular weight excluding hydrogens is 444 g/mol. The van der Waals surface area contributed by atoms with Crippen molar-refractivity contribution >= 4 is 24.0 Å². The molecule has 0 amide bonds. The van der Waals surface area contributed by atoms with Crippen molar-refractivity contribution in [2.24, 2.45) is 5.11 Å². The SMILES string of the molecule is CC(C)(C)[Si](C)(C)O[C@@H](CN=[N+]=[N-])c1ccc(OCc2ccccc2)c(NS(C)(=O)=O)c1. The number of azide groups is 1. The largest absolute Gasteiger partial charge is 0.487 e. The molecular formula is C22H32N4O4SSi. The molecule has 10 heteroatoms. The maximum Gasteiger partial charge on any atom is 0.229 e. The minimum Gasteiger partial charge on any atom is -0.487 e. The molecule has 0 bridgehead atoms. The summed E-state index contributed by atoms with van der Waals surface area (Å²) in [7, 11) is -5.74. The third kappa shape index (κ3) is 7.56. The van der Waals surface area contributed by atoms with Gasteiger partial charge in [0.1, 0.15) is 12.4 Å². The summed E-state index contributed by atoms with van der Waals surface area (Å²) in [5.41, 5.74) is 10.8. The van der Waals surface area contributed by atoms with Crippen molar-refractivity contribution in [2.45, 2.75) is 51.6 Å². The van der Waals surface area contributed by atoms with Crippen molar-refractivity contribution in [2.75, 3.05) is 17.5 Å². The summed E-state index contributed by atoms with van der Waals surface area (Å²) in [6.07, 6.45) is 0.583. The Morgan fingerprint density at radius 2 is 1.81 bits per heavy atom. The summed E-state index contributed by atoms with van der Waals surface area (Å²) in [6, 6.07) is 14.8. The fourth-order valence-electron chi connectivity index (χ4n) is 2.74. The van der Waals surface area contributed by atoms with E-state index in [-0.39, 0.29) is 11.6 Å². The van der Waals surface area contributed by atoms with E-state index in [0.29, 0.717) is 23.6 Å². The van der Waals surface area contributed by atoms with Gasteiger partial charge >= 0.3 is 0 Å². The van der Waals surface area contributed by atoms with E-state index in [1.54, 1.807) is 12.1 Å². The number of sulfonamides is 1. The van der Waals surface area contributed by atoms with Crippen LogP contribution in [0.2, 0.25) is 18.1 Å². The van der Waals surface area contributed by atoms with Gasteiger partial charge < -0.3 is 9.16 Å². The zero-order valence-electron chi connectivity index (χ0n) is 19.5. The highest BCUT2D eigenvalue weighted by Crippen LogP contribution is 2.41. The first kappa shape index (κ1) is 25.7. The molecule has 1 N–H and O–H groups in total. The Morgan fingerprint density at radius 3 is 2.38 bits per heavy atom. The molecule has 32 heavy (non-hydrogen) atoms. The minimum absolute atomic E-state index is 0.0474. The first-order valence-electron chi connectivity index (χ1n) is 10.3. The number of hydrogen-bond donors (Lipinski definition) is 1. The molecule has 2 rings (SSSR count). The van der Waals surface area contributed by atoms with Gasteiger partial charge in [-0.25, -0.2) is 8.42 Å². The summed E-state index contributed by atoms with van der Waals surface area (Å²) in [5, 5.41) is 3.68. The standard InChI is InChI=1S/C22H32N4O4SSi/c1-22(2,3)32(5,6)30-21(15-24-26-23)18-12-13-20(19(14-18)25-31(4,27)28)29-16-17-10-8-7-9-11-17/h7-14,21,25H,15-16H2,1-6H3/t21-/m0/s1. The van der Waals surface area contributed by atoms with Crippen molar-refractivity contribution in [1.29, 1.82) is 0 Å². The van der Waals surface area contributed by atoms with Crippen LogP contribution in [0.3, 0.4) is 0 Å². The molecule has 0 fully saturated rings. The molecule has 0 aliphatic carbocycles. The molecule has 0 aliphatic rings. The van der Waals surface area contributed by atoms with E-state index in [1.165, 1.54) is 0 Å². The van der Waals surface area contributed by atoms with Gasteiger partial charge in [0.25, 0.3) is 0 Å². The normalized spacial score (nSPS) is 13.2. The zero-order chi connectivity index (χ0) is 24.0. The molecule has 174 valence electrons. The second-order valence-corrected chi connectivity index (χ2v) is 15.7. The van der Waals surface area contributed by atoms with Crippen LogP contribution in [0.15, 0.2) is 53.6 Å². The molecule has 2 aromatic carbocycles. The fourth-order valence-corrected chi connectivity index (χ4v) is 4.58. The van der Waals surface area contributed by atoms with E-state index in [1.807, 2.05) is 36.4 Å². The van der Waals surface area contributed by atoms with E-state index in [0.717, 1.165) is 11.8 Å². The average molecular weight is 477 g/mol. The van der Waals surface area contributed by atoms with E-state index >= 15 is 0 Å². The Bertz CT molecular complexity index is 1060. The second-order valence-electron chi connectivity index (χ2n) is 9.18. The van der Waals surface area contributed by atoms with Crippen LogP contribution in [0.1, 0.15) is 38.0 Å². The predicted octanol–water partition coefficient (Wildman–Crippen LogP) is 6.01. The quantitative estimate of drug-likeness (QED) is 0.196. The Hall–Kier alpha value is -2.52. The van der Waals surface area contributed by atoms with Crippen molar-refractivity contribution in [3.8, 4) is 5.75 Å². The molecule has 0 heterocycles. The van der Waals surface area contributed by atoms with Gasteiger partial charge in [-0.1, -0.05) is 62.3 Å². The number of nitrogens with zero attached hydrogens (tertiary/aromatic N) is 3. The Morgan fingerprint density at radius 1 is 1.16 bits per heavy atom. The molecule has 0 saturated carbocycles. The molecule has 0 aromatic heterocycles. The molecule has 0 aliphatic heterocycles. The Kier molecular flexibility index (Phi) is 8.36. The van der Waals surface area contributed by atoms with Crippen molar-refractivity contribution in [3.05, 3.63) is 70.1 Å². The maximum atomic E-state index is 12.0. The highest BCUT2D eigenvalue weighted by atomic mass is 32.2. The predicted molar refractivity (Wildman–Crippen MR) is 131 cm³/mol. The van der Waals surface area contributed by atoms with Crippen LogP contribution in [0, 0.1) is 0 Å². The smallest absolute Gasteiger partial charge is 0.229 e. The van der Waals surface area contributed by atoms with Gasteiger partial charge in [0.15, 0.2) is 8.32 Å². The molecule has 0 saturated heterocycles. The first-order valence-corrected chi connectivity index (χ1v) is 15.1. The number of hydrogen-bond acceptors (Lipinski definition) is 5. The molecule has 2 aromatic rings. The molecule has 0 spiro atoms. The van der Waals surface area contributed by atoms with Crippen molar-refractivity contribution in [3.63, 3.8) is 0 Å². The molecule has 0 radical (unpaired) electrons. The third-order valence-corrected chi connectivity index (χ3v) is 10.5. The summed E-state index contributed by atoms with van der Waals surface area (Å²) in [5.74, 6) is 0.401. The van der Waals surface area contributed by atoms with E-state index in [2.05, 4.69) is 48.6 Å². The topological polar surface area (TPSA) is 113 Å². The minimum atomic E-state index is -3.54. The average Bonchev–Trinajstić information content (AvgIpc) is 2.69. The highest BCUT2D eigenvalue weighted by molar-refractivity contribution is 7.92. The highest BCUT2D eigenvalue weighted by Gasteiger charge is 2.39. The van der Waals surface area contributed by atoms with Crippen LogP contribution in [0.5, 0.6) is 5.75 Å². The van der Waals surface area contributed by atoms with Gasteiger partial charge in [-0.15, -0.1) is 0 Å². The first-order chi connectivity index (χ1) is 14.8. The van der Waals surface area contributed by atoms with E-state index in [9.17, 15) is 8.42 Å². The van der Waals surface area contributed by atoms with Gasteiger partial charge in [-0.2, -0.15) is 0 Å². The van der Waals surface area contributed by atoms with Crippen LogP contribution < -0.4 is 9.46 Å².